The van der Waals surface area contributed by atoms with Crippen LogP contribution >= 0.6 is 0 Å². The topological polar surface area (TPSA) is 88.8 Å². The maximum absolute atomic E-state index is 13.1. The van der Waals surface area contributed by atoms with Gasteiger partial charge in [-0.3, -0.25) is 0 Å². The lowest BCUT2D eigenvalue weighted by molar-refractivity contribution is 0.0594. The lowest BCUT2D eigenvalue weighted by Crippen LogP contribution is -2.47. The first kappa shape index (κ1) is 16.5. The number of furan rings is 1. The molecule has 0 saturated carbocycles. The van der Waals surface area contributed by atoms with E-state index in [-0.39, 0.29) is 22.0 Å². The monoisotopic (exact) mass is 342 g/mol. The van der Waals surface area contributed by atoms with Crippen molar-refractivity contribution in [2.24, 2.45) is 5.92 Å². The molecule has 0 aromatic carbocycles. The van der Waals surface area contributed by atoms with Crippen LogP contribution in [0.3, 0.4) is 0 Å². The Morgan fingerprint density at radius 1 is 1.30 bits per heavy atom. The molecule has 23 heavy (non-hydrogen) atoms. The van der Waals surface area contributed by atoms with Crippen LogP contribution in [0.2, 0.25) is 0 Å². The molecule has 2 unspecified atom stereocenters. The molecule has 2 atom stereocenters. The first-order valence-corrected chi connectivity index (χ1v) is 9.22. The standard InChI is InChI=1S/C15H22N2O5S/c1-9-13(15(18)21-3)14(10(2)22-9)23(19,20)17-7-5-12-11(8-17)4-6-16-12/h11-12,16H,4-8H2,1-3H3. The van der Waals surface area contributed by atoms with Crippen molar-refractivity contribution < 1.29 is 22.4 Å². The Kier molecular flexibility index (Phi) is 4.24. The fourth-order valence-electron chi connectivity index (χ4n) is 3.67. The fourth-order valence-corrected chi connectivity index (χ4v) is 5.56. The molecule has 1 N–H and O–H groups in total. The number of rotatable bonds is 3. The molecular weight excluding hydrogens is 320 g/mol. The van der Waals surface area contributed by atoms with Gasteiger partial charge in [-0.15, -0.1) is 0 Å². The van der Waals surface area contributed by atoms with E-state index in [2.05, 4.69) is 5.32 Å². The van der Waals surface area contributed by atoms with Gasteiger partial charge in [0.05, 0.1) is 7.11 Å². The summed E-state index contributed by atoms with van der Waals surface area (Å²) in [5, 5.41) is 3.41. The van der Waals surface area contributed by atoms with Crippen LogP contribution in [-0.4, -0.2) is 51.5 Å². The lowest BCUT2D eigenvalue weighted by Gasteiger charge is -2.33. The van der Waals surface area contributed by atoms with E-state index in [1.165, 1.54) is 11.4 Å². The highest BCUT2D eigenvalue weighted by atomic mass is 32.2. The number of carbonyl (C=O) groups is 1. The molecule has 0 spiro atoms. The Labute approximate surface area is 136 Å². The molecule has 7 nitrogen and oxygen atoms in total. The Morgan fingerprint density at radius 3 is 2.74 bits per heavy atom. The first-order chi connectivity index (χ1) is 10.9. The van der Waals surface area contributed by atoms with E-state index in [9.17, 15) is 13.2 Å². The number of ether oxygens (including phenoxy) is 1. The van der Waals surface area contributed by atoms with Crippen LogP contribution in [0, 0.1) is 19.8 Å². The normalized spacial score (nSPS) is 25.3. The zero-order valence-corrected chi connectivity index (χ0v) is 14.4. The minimum absolute atomic E-state index is 0.0108. The molecule has 3 heterocycles. The third-order valence-electron chi connectivity index (χ3n) is 4.81. The molecule has 0 amide bonds. The van der Waals surface area contributed by atoms with Crippen LogP contribution in [0.15, 0.2) is 9.31 Å². The number of hydrogen-bond acceptors (Lipinski definition) is 6. The summed E-state index contributed by atoms with van der Waals surface area (Å²) in [6.07, 6.45) is 1.76. The van der Waals surface area contributed by atoms with E-state index >= 15 is 0 Å². The molecular formula is C15H22N2O5S. The number of carbonyl (C=O) groups excluding carboxylic acids is 1. The van der Waals surface area contributed by atoms with Gasteiger partial charge in [-0.25, -0.2) is 13.2 Å². The molecule has 3 rings (SSSR count). The van der Waals surface area contributed by atoms with E-state index in [0.29, 0.717) is 25.0 Å². The Balaban J connectivity index is 1.98. The summed E-state index contributed by atoms with van der Waals surface area (Å²) in [6, 6.07) is 0.397. The lowest BCUT2D eigenvalue weighted by atomic mass is 9.95. The average molecular weight is 342 g/mol. The molecule has 0 aliphatic carbocycles. The summed E-state index contributed by atoms with van der Waals surface area (Å²) in [5.41, 5.74) is 0.0108. The van der Waals surface area contributed by atoms with Gasteiger partial charge in [0.15, 0.2) is 0 Å². The van der Waals surface area contributed by atoms with E-state index in [0.717, 1.165) is 19.4 Å². The number of esters is 1. The fraction of sp³-hybridized carbons (Fsp3) is 0.667. The molecule has 2 aliphatic heterocycles. The predicted molar refractivity (Wildman–Crippen MR) is 82.8 cm³/mol. The van der Waals surface area contributed by atoms with Crippen molar-refractivity contribution in [3.8, 4) is 0 Å². The van der Waals surface area contributed by atoms with E-state index in [4.69, 9.17) is 9.15 Å². The van der Waals surface area contributed by atoms with Gasteiger partial charge in [0.2, 0.25) is 10.0 Å². The van der Waals surface area contributed by atoms with Gasteiger partial charge >= 0.3 is 5.97 Å². The summed E-state index contributed by atoms with van der Waals surface area (Å²) in [4.78, 5) is 12.0. The highest BCUT2D eigenvalue weighted by molar-refractivity contribution is 7.89. The molecule has 2 fully saturated rings. The van der Waals surface area contributed by atoms with Crippen LogP contribution in [0.5, 0.6) is 0 Å². The predicted octanol–water partition coefficient (Wildman–Crippen LogP) is 1.06. The third kappa shape index (κ3) is 2.68. The Bertz CT molecular complexity index is 724. The minimum atomic E-state index is -3.79. The Hall–Kier alpha value is -1.38. The number of nitrogens with one attached hydrogen (secondary N) is 1. The second-order valence-electron chi connectivity index (χ2n) is 6.17. The van der Waals surface area contributed by atoms with Crippen molar-refractivity contribution in [1.82, 2.24) is 9.62 Å². The number of piperidine rings is 1. The second-order valence-corrected chi connectivity index (χ2v) is 8.05. The van der Waals surface area contributed by atoms with Crippen molar-refractivity contribution in [1.29, 1.82) is 0 Å². The third-order valence-corrected chi connectivity index (χ3v) is 6.83. The maximum Gasteiger partial charge on any atom is 0.342 e. The molecule has 1 aromatic heterocycles. The summed E-state index contributed by atoms with van der Waals surface area (Å²) < 4.78 is 37.8. The molecule has 8 heteroatoms. The van der Waals surface area contributed by atoms with Crippen LogP contribution in [-0.2, 0) is 14.8 Å². The molecule has 0 bridgehead atoms. The summed E-state index contributed by atoms with van der Waals surface area (Å²) >= 11 is 0. The van der Waals surface area contributed by atoms with Crippen LogP contribution in [0.4, 0.5) is 0 Å². The number of nitrogens with zero attached hydrogens (tertiary/aromatic N) is 1. The van der Waals surface area contributed by atoms with E-state index < -0.39 is 16.0 Å². The average Bonchev–Trinajstić information content (AvgIpc) is 3.09. The number of hydrogen-bond donors (Lipinski definition) is 1. The van der Waals surface area contributed by atoms with Crippen LogP contribution in [0.25, 0.3) is 0 Å². The van der Waals surface area contributed by atoms with Crippen molar-refractivity contribution in [3.05, 3.63) is 17.1 Å². The summed E-state index contributed by atoms with van der Waals surface area (Å²) in [7, 11) is -2.55. The number of fused-ring (bicyclic) bond motifs is 1. The van der Waals surface area contributed by atoms with E-state index in [1.807, 2.05) is 0 Å². The molecule has 1 aromatic rings. The van der Waals surface area contributed by atoms with Gasteiger partial charge in [-0.2, -0.15) is 4.31 Å². The van der Waals surface area contributed by atoms with E-state index in [1.54, 1.807) is 13.8 Å². The number of sulfonamides is 1. The summed E-state index contributed by atoms with van der Waals surface area (Å²) in [5.74, 6) is 0.142. The highest BCUT2D eigenvalue weighted by Crippen LogP contribution is 2.33. The molecule has 0 radical (unpaired) electrons. The second kappa shape index (κ2) is 5.92. The van der Waals surface area contributed by atoms with Crippen molar-refractivity contribution in [2.75, 3.05) is 26.7 Å². The van der Waals surface area contributed by atoms with Gasteiger partial charge in [0, 0.05) is 19.1 Å². The first-order valence-electron chi connectivity index (χ1n) is 7.78. The van der Waals surface area contributed by atoms with Crippen molar-refractivity contribution in [2.45, 2.75) is 37.6 Å². The number of aryl methyl sites for hydroxylation is 2. The largest absolute Gasteiger partial charge is 0.465 e. The highest BCUT2D eigenvalue weighted by Gasteiger charge is 2.41. The van der Waals surface area contributed by atoms with Gasteiger partial charge in [0.1, 0.15) is 22.0 Å². The smallest absolute Gasteiger partial charge is 0.342 e. The minimum Gasteiger partial charge on any atom is -0.465 e. The Morgan fingerprint density at radius 2 is 2.04 bits per heavy atom. The van der Waals surface area contributed by atoms with Crippen molar-refractivity contribution in [3.63, 3.8) is 0 Å². The summed E-state index contributed by atoms with van der Waals surface area (Å²) in [6.45, 7) is 4.99. The molecule has 128 valence electrons. The van der Waals surface area contributed by atoms with Gasteiger partial charge in [-0.1, -0.05) is 0 Å². The van der Waals surface area contributed by atoms with Crippen molar-refractivity contribution >= 4 is 16.0 Å². The number of methoxy groups -OCH3 is 1. The maximum atomic E-state index is 13.1. The van der Waals surface area contributed by atoms with Crippen LogP contribution in [0.1, 0.15) is 34.7 Å². The molecule has 2 aliphatic rings. The van der Waals surface area contributed by atoms with Crippen LogP contribution < -0.4 is 5.32 Å². The van der Waals surface area contributed by atoms with Gasteiger partial charge < -0.3 is 14.5 Å². The van der Waals surface area contributed by atoms with Gasteiger partial charge in [0.25, 0.3) is 0 Å². The zero-order valence-electron chi connectivity index (χ0n) is 13.6. The quantitative estimate of drug-likeness (QED) is 0.826. The SMILES string of the molecule is COC(=O)c1c(C)oc(C)c1S(=O)(=O)N1CCC2NCCC2C1. The molecule has 2 saturated heterocycles. The zero-order chi connectivity index (χ0) is 16.8. The van der Waals surface area contributed by atoms with Gasteiger partial charge in [-0.05, 0) is 39.2 Å².